The second kappa shape index (κ2) is 7.00. The first-order valence-electron chi connectivity index (χ1n) is 5.20. The van der Waals surface area contributed by atoms with Gasteiger partial charge in [-0.2, -0.15) is 0 Å². The molecule has 0 aliphatic carbocycles. The molecule has 2 N–H and O–H groups in total. The van der Waals surface area contributed by atoms with Crippen LogP contribution < -0.4 is 5.73 Å². The van der Waals surface area contributed by atoms with Gasteiger partial charge in [-0.15, -0.1) is 12.4 Å². The molecule has 7 heteroatoms. The zero-order valence-electron chi connectivity index (χ0n) is 10.7. The molecule has 0 saturated carbocycles. The van der Waals surface area contributed by atoms with Gasteiger partial charge in [0.15, 0.2) is 0 Å². The molecule has 0 saturated heterocycles. The SMILES string of the molecule is COC(=O)C(C)(C)[C@@H](N)c1cc(Cl)cc(Cl)c1Cl.Cl. The number of halogens is 4. The summed E-state index contributed by atoms with van der Waals surface area (Å²) in [6.07, 6.45) is 0. The van der Waals surface area contributed by atoms with Crippen LogP contribution in [-0.2, 0) is 9.53 Å². The van der Waals surface area contributed by atoms with E-state index in [1.54, 1.807) is 19.9 Å². The Morgan fingerprint density at radius 2 is 1.84 bits per heavy atom. The van der Waals surface area contributed by atoms with Gasteiger partial charge in [-0.05, 0) is 31.5 Å². The summed E-state index contributed by atoms with van der Waals surface area (Å²) < 4.78 is 4.73. The second-order valence-corrected chi connectivity index (χ2v) is 5.70. The van der Waals surface area contributed by atoms with Crippen LogP contribution in [-0.4, -0.2) is 13.1 Å². The third kappa shape index (κ3) is 3.89. The maximum atomic E-state index is 11.7. The molecule has 1 rings (SSSR count). The number of carbonyl (C=O) groups is 1. The minimum absolute atomic E-state index is 0. The van der Waals surface area contributed by atoms with E-state index in [0.29, 0.717) is 20.6 Å². The van der Waals surface area contributed by atoms with Crippen molar-refractivity contribution < 1.29 is 9.53 Å². The smallest absolute Gasteiger partial charge is 0.313 e. The zero-order chi connectivity index (χ0) is 14.1. The molecule has 0 spiro atoms. The lowest BCUT2D eigenvalue weighted by molar-refractivity contribution is -0.152. The Morgan fingerprint density at radius 3 is 2.32 bits per heavy atom. The van der Waals surface area contributed by atoms with Gasteiger partial charge in [-0.3, -0.25) is 4.79 Å². The number of methoxy groups -OCH3 is 1. The van der Waals surface area contributed by atoms with Crippen LogP contribution in [0.2, 0.25) is 15.1 Å². The topological polar surface area (TPSA) is 52.3 Å². The van der Waals surface area contributed by atoms with E-state index >= 15 is 0 Å². The summed E-state index contributed by atoms with van der Waals surface area (Å²) in [7, 11) is 1.31. The van der Waals surface area contributed by atoms with Crippen LogP contribution in [0.3, 0.4) is 0 Å². The van der Waals surface area contributed by atoms with Gasteiger partial charge in [0.2, 0.25) is 0 Å². The highest BCUT2D eigenvalue weighted by atomic mass is 35.5. The number of hydrogen-bond donors (Lipinski definition) is 1. The molecule has 0 unspecified atom stereocenters. The number of hydrogen-bond acceptors (Lipinski definition) is 3. The molecule has 0 aromatic heterocycles. The molecule has 0 heterocycles. The van der Waals surface area contributed by atoms with Crippen LogP contribution in [0.1, 0.15) is 25.5 Å². The first-order valence-corrected chi connectivity index (χ1v) is 6.33. The summed E-state index contributed by atoms with van der Waals surface area (Å²) in [4.78, 5) is 11.7. The largest absolute Gasteiger partial charge is 0.469 e. The summed E-state index contributed by atoms with van der Waals surface area (Å²) in [5.74, 6) is -0.429. The first kappa shape index (κ1) is 18.8. The van der Waals surface area contributed by atoms with Crippen molar-refractivity contribution in [2.24, 2.45) is 11.1 Å². The minimum Gasteiger partial charge on any atom is -0.469 e. The van der Waals surface area contributed by atoms with Gasteiger partial charge in [0.05, 0.1) is 22.6 Å². The summed E-state index contributed by atoms with van der Waals surface area (Å²) in [6, 6.07) is 2.45. The van der Waals surface area contributed by atoms with Gasteiger partial charge in [0.1, 0.15) is 0 Å². The predicted octanol–water partition coefficient (Wildman–Crippen LogP) is 4.27. The van der Waals surface area contributed by atoms with Crippen LogP contribution in [0.4, 0.5) is 0 Å². The predicted molar refractivity (Wildman–Crippen MR) is 81.4 cm³/mol. The van der Waals surface area contributed by atoms with E-state index in [-0.39, 0.29) is 12.4 Å². The van der Waals surface area contributed by atoms with E-state index in [1.165, 1.54) is 13.2 Å². The first-order chi connectivity index (χ1) is 8.21. The Balaban J connectivity index is 0.00000324. The Bertz CT molecular complexity index is 477. The van der Waals surface area contributed by atoms with Crippen molar-refractivity contribution in [3.8, 4) is 0 Å². The standard InChI is InChI=1S/C12H14Cl3NO2.ClH/c1-12(2,11(17)18-3)10(16)7-4-6(13)5-8(14)9(7)15;/h4-5,10H,16H2,1-3H3;1H/t10-;/m0./s1. The third-order valence-electron chi connectivity index (χ3n) is 2.85. The Labute approximate surface area is 133 Å². The van der Waals surface area contributed by atoms with Crippen molar-refractivity contribution in [1.29, 1.82) is 0 Å². The van der Waals surface area contributed by atoms with Crippen molar-refractivity contribution in [2.75, 3.05) is 7.11 Å². The Kier molecular flexibility index (Phi) is 6.93. The van der Waals surface area contributed by atoms with Crippen molar-refractivity contribution in [2.45, 2.75) is 19.9 Å². The van der Waals surface area contributed by atoms with Crippen LogP contribution in [0, 0.1) is 5.41 Å². The summed E-state index contributed by atoms with van der Waals surface area (Å²) in [6.45, 7) is 3.35. The average Bonchev–Trinajstić information content (AvgIpc) is 2.31. The molecule has 0 aliphatic heterocycles. The molecule has 0 aliphatic rings. The summed E-state index contributed by atoms with van der Waals surface area (Å²) >= 11 is 17.9. The number of benzene rings is 1. The lowest BCUT2D eigenvalue weighted by atomic mass is 9.81. The van der Waals surface area contributed by atoms with E-state index < -0.39 is 17.4 Å². The molecular weight excluding hydrogens is 332 g/mol. The van der Waals surface area contributed by atoms with Crippen LogP contribution in [0.5, 0.6) is 0 Å². The molecule has 19 heavy (non-hydrogen) atoms. The van der Waals surface area contributed by atoms with Gasteiger partial charge in [0.25, 0.3) is 0 Å². The van der Waals surface area contributed by atoms with Gasteiger partial charge in [0, 0.05) is 11.1 Å². The molecule has 1 atom stereocenters. The van der Waals surface area contributed by atoms with Gasteiger partial charge in [-0.1, -0.05) is 34.8 Å². The Morgan fingerprint density at radius 1 is 1.32 bits per heavy atom. The van der Waals surface area contributed by atoms with Gasteiger partial charge < -0.3 is 10.5 Å². The maximum absolute atomic E-state index is 11.7. The van der Waals surface area contributed by atoms with E-state index in [1.807, 2.05) is 0 Å². The molecule has 3 nitrogen and oxygen atoms in total. The quantitative estimate of drug-likeness (QED) is 0.656. The Hall–Kier alpha value is -0.190. The molecule has 1 aromatic rings. The zero-order valence-corrected chi connectivity index (χ0v) is 13.8. The molecule has 0 bridgehead atoms. The molecule has 108 valence electrons. The van der Waals surface area contributed by atoms with Crippen LogP contribution in [0.15, 0.2) is 12.1 Å². The minimum atomic E-state index is -0.938. The fourth-order valence-corrected chi connectivity index (χ4v) is 2.32. The lowest BCUT2D eigenvalue weighted by Crippen LogP contribution is -2.37. The number of esters is 1. The van der Waals surface area contributed by atoms with Crippen molar-refractivity contribution in [3.05, 3.63) is 32.8 Å². The van der Waals surface area contributed by atoms with Gasteiger partial charge >= 0.3 is 5.97 Å². The normalized spacial score (nSPS) is 12.6. The summed E-state index contributed by atoms with van der Waals surface area (Å²) in [5.41, 5.74) is 5.67. The fourth-order valence-electron chi connectivity index (χ4n) is 1.58. The number of rotatable bonds is 3. The fraction of sp³-hybridized carbons (Fsp3) is 0.417. The molecule has 1 aromatic carbocycles. The van der Waals surface area contributed by atoms with Crippen LogP contribution >= 0.6 is 47.2 Å². The number of nitrogens with two attached hydrogens (primary N) is 1. The average molecular weight is 347 g/mol. The van der Waals surface area contributed by atoms with E-state index in [9.17, 15) is 4.79 Å². The third-order valence-corrected chi connectivity index (χ3v) is 3.88. The maximum Gasteiger partial charge on any atom is 0.313 e. The van der Waals surface area contributed by atoms with Gasteiger partial charge in [-0.25, -0.2) is 0 Å². The monoisotopic (exact) mass is 345 g/mol. The highest BCUT2D eigenvalue weighted by Gasteiger charge is 2.38. The molecular formula is C12H15Cl4NO2. The lowest BCUT2D eigenvalue weighted by Gasteiger charge is -2.29. The number of carbonyl (C=O) groups excluding carboxylic acids is 1. The molecule has 0 amide bonds. The van der Waals surface area contributed by atoms with Crippen molar-refractivity contribution in [1.82, 2.24) is 0 Å². The van der Waals surface area contributed by atoms with Crippen LogP contribution in [0.25, 0.3) is 0 Å². The van der Waals surface area contributed by atoms with Crippen molar-refractivity contribution in [3.63, 3.8) is 0 Å². The van der Waals surface area contributed by atoms with E-state index in [4.69, 9.17) is 45.3 Å². The van der Waals surface area contributed by atoms with E-state index in [2.05, 4.69) is 0 Å². The highest BCUT2D eigenvalue weighted by molar-refractivity contribution is 6.43. The molecule has 0 fully saturated rings. The van der Waals surface area contributed by atoms with E-state index in [0.717, 1.165) is 0 Å². The number of ether oxygens (including phenoxy) is 1. The summed E-state index contributed by atoms with van der Waals surface area (Å²) in [5, 5.41) is 1.01. The highest BCUT2D eigenvalue weighted by Crippen LogP contribution is 2.40. The van der Waals surface area contributed by atoms with Crippen molar-refractivity contribution >= 4 is 53.2 Å². The molecule has 0 radical (unpaired) electrons. The second-order valence-electron chi connectivity index (χ2n) is 4.48.